The van der Waals surface area contributed by atoms with E-state index in [0.717, 1.165) is 23.4 Å². The number of benzene rings is 2. The van der Waals surface area contributed by atoms with Crippen LogP contribution in [0.15, 0.2) is 69.6 Å². The van der Waals surface area contributed by atoms with Crippen molar-refractivity contribution in [1.29, 1.82) is 0 Å². The van der Waals surface area contributed by atoms with E-state index >= 15 is 0 Å². The normalized spacial score (nSPS) is 17.7. The molecule has 38 heavy (non-hydrogen) atoms. The molecule has 2 aromatic carbocycles. The largest absolute Gasteiger partial charge is 0.463 e. The Balaban J connectivity index is 1.82. The first kappa shape index (κ1) is 25.3. The Bertz CT molecular complexity index is 1720. The summed E-state index contributed by atoms with van der Waals surface area (Å²) < 4.78 is 6.82. The molecular weight excluding hydrogens is 508 g/mol. The van der Waals surface area contributed by atoms with Crippen LogP contribution in [0.2, 0.25) is 0 Å². The second-order valence-electron chi connectivity index (χ2n) is 8.82. The highest BCUT2D eigenvalue weighted by molar-refractivity contribution is 7.07. The summed E-state index contributed by atoms with van der Waals surface area (Å²) in [5.74, 6) is -0.939. The first-order valence-corrected chi connectivity index (χ1v) is 13.0. The van der Waals surface area contributed by atoms with Gasteiger partial charge in [0, 0.05) is 24.2 Å². The maximum Gasteiger partial charge on any atom is 0.338 e. The molecule has 0 unspecified atom stereocenters. The average Bonchev–Trinajstić information content (AvgIpc) is 3.36. The molecule has 0 spiro atoms. The van der Waals surface area contributed by atoms with Crippen LogP contribution in [0.1, 0.15) is 44.4 Å². The van der Waals surface area contributed by atoms with Gasteiger partial charge in [0.2, 0.25) is 0 Å². The van der Waals surface area contributed by atoms with Gasteiger partial charge in [-0.2, -0.15) is 0 Å². The van der Waals surface area contributed by atoms with Gasteiger partial charge in [-0.15, -0.1) is 0 Å². The van der Waals surface area contributed by atoms with Crippen LogP contribution in [-0.4, -0.2) is 34.5 Å². The number of anilines is 1. The molecule has 1 amide bonds. The lowest BCUT2D eigenvalue weighted by atomic mass is 9.95. The molecule has 2 aliphatic rings. The highest BCUT2D eigenvalue weighted by Gasteiger charge is 2.37. The zero-order chi connectivity index (χ0) is 27.1. The van der Waals surface area contributed by atoms with Crippen LogP contribution in [0.5, 0.6) is 0 Å². The number of carbonyl (C=O) groups is 2. The van der Waals surface area contributed by atoms with Gasteiger partial charge in [-0.3, -0.25) is 24.3 Å². The van der Waals surface area contributed by atoms with Crippen molar-refractivity contribution in [3.63, 3.8) is 0 Å². The number of nitro benzene ring substituents is 1. The Kier molecular flexibility index (Phi) is 6.53. The van der Waals surface area contributed by atoms with E-state index in [-0.39, 0.29) is 33.9 Å². The summed E-state index contributed by atoms with van der Waals surface area (Å²) in [6.07, 6.45) is 0.740. The zero-order valence-corrected chi connectivity index (χ0v) is 21.8. The number of thiazole rings is 1. The highest BCUT2D eigenvalue weighted by atomic mass is 32.1. The number of ether oxygens (including phenoxy) is 1. The van der Waals surface area contributed by atoms with Crippen molar-refractivity contribution in [2.24, 2.45) is 4.99 Å². The summed E-state index contributed by atoms with van der Waals surface area (Å²) in [7, 11) is 0. The Morgan fingerprint density at radius 3 is 2.63 bits per heavy atom. The van der Waals surface area contributed by atoms with E-state index in [2.05, 4.69) is 4.99 Å². The van der Waals surface area contributed by atoms with E-state index < -0.39 is 22.5 Å². The van der Waals surface area contributed by atoms with E-state index in [9.17, 15) is 24.5 Å². The number of esters is 1. The van der Waals surface area contributed by atoms with Gasteiger partial charge in [0.25, 0.3) is 17.2 Å². The number of allylic oxidation sites excluding steroid dienone is 1. The van der Waals surface area contributed by atoms with Gasteiger partial charge in [-0.05, 0) is 31.9 Å². The summed E-state index contributed by atoms with van der Waals surface area (Å²) in [6, 6.07) is 12.1. The smallest absolute Gasteiger partial charge is 0.338 e. The van der Waals surface area contributed by atoms with Crippen LogP contribution < -0.4 is 19.8 Å². The molecule has 0 radical (unpaired) electrons. The summed E-state index contributed by atoms with van der Waals surface area (Å²) in [5.41, 5.74) is 1.81. The number of nitro groups is 1. The molecule has 1 aromatic heterocycles. The predicted octanol–water partition coefficient (Wildman–Crippen LogP) is 2.83. The number of para-hydroxylation sites is 1. The maximum absolute atomic E-state index is 14.1. The maximum atomic E-state index is 14.1. The molecule has 2 aliphatic heterocycles. The van der Waals surface area contributed by atoms with Gasteiger partial charge in [0.1, 0.15) is 4.53 Å². The van der Waals surface area contributed by atoms with Gasteiger partial charge < -0.3 is 9.64 Å². The van der Waals surface area contributed by atoms with Crippen LogP contribution in [0.25, 0.3) is 5.57 Å². The number of rotatable bonds is 6. The second-order valence-corrected chi connectivity index (χ2v) is 9.80. The fraction of sp³-hybridized carbons (Fsp3) is 0.259. The van der Waals surface area contributed by atoms with Crippen molar-refractivity contribution in [2.75, 3.05) is 18.1 Å². The molecule has 0 saturated carbocycles. The molecule has 3 heterocycles. The lowest BCUT2D eigenvalue weighted by Crippen LogP contribution is -2.41. The minimum Gasteiger partial charge on any atom is -0.463 e. The van der Waals surface area contributed by atoms with Gasteiger partial charge in [-0.1, -0.05) is 48.6 Å². The molecule has 0 aliphatic carbocycles. The average molecular weight is 533 g/mol. The minimum absolute atomic E-state index is 0.102. The molecule has 0 fully saturated rings. The quantitative estimate of drug-likeness (QED) is 0.273. The minimum atomic E-state index is -1.02. The third-order valence-corrected chi connectivity index (χ3v) is 7.54. The monoisotopic (exact) mass is 532 g/mol. The molecule has 1 atom stereocenters. The van der Waals surface area contributed by atoms with Crippen molar-refractivity contribution < 1.29 is 19.2 Å². The molecule has 0 saturated heterocycles. The second kappa shape index (κ2) is 9.82. The van der Waals surface area contributed by atoms with Crippen LogP contribution >= 0.6 is 11.3 Å². The first-order valence-electron chi connectivity index (χ1n) is 12.2. The number of nitrogens with zero attached hydrogens (tertiary/aromatic N) is 4. The summed E-state index contributed by atoms with van der Waals surface area (Å²) in [4.78, 5) is 58.2. The molecular formula is C27H24N4O6S. The predicted molar refractivity (Wildman–Crippen MR) is 142 cm³/mol. The van der Waals surface area contributed by atoms with Crippen LogP contribution in [-0.2, 0) is 14.3 Å². The van der Waals surface area contributed by atoms with Gasteiger partial charge in [-0.25, -0.2) is 9.79 Å². The molecule has 11 heteroatoms. The number of non-ortho nitro benzene ring substituents is 1. The first-order chi connectivity index (χ1) is 18.3. The number of amides is 1. The summed E-state index contributed by atoms with van der Waals surface area (Å²) >= 11 is 1.07. The van der Waals surface area contributed by atoms with Crippen molar-refractivity contribution in [2.45, 2.75) is 33.2 Å². The van der Waals surface area contributed by atoms with Crippen molar-refractivity contribution in [3.8, 4) is 0 Å². The number of hydrogen-bond acceptors (Lipinski definition) is 8. The number of carbonyl (C=O) groups excluding carboxylic acids is 2. The van der Waals surface area contributed by atoms with Crippen molar-refractivity contribution in [3.05, 3.63) is 101 Å². The summed E-state index contributed by atoms with van der Waals surface area (Å²) in [5, 5.41) is 11.5. The zero-order valence-electron chi connectivity index (χ0n) is 21.0. The summed E-state index contributed by atoms with van der Waals surface area (Å²) in [6.45, 7) is 5.87. The standard InChI is InChI=1S/C27H24N4O6S/c1-4-13-29-19-12-7-6-11-18(19)21(24(29)32)23-25(33)30-22(16-9-8-10-17(14-16)31(35)36)20(26(34)37-5-2)15(3)28-27(30)38-23/h6-12,14,22H,4-5,13H2,1-3H3/t22-/m0/s1. The molecule has 194 valence electrons. The SMILES string of the molecule is CCCN1C(=O)C(=c2sc3n(c2=O)[C@@H](c2cccc([N+](=O)[O-])c2)C(C(=O)OCC)=C(C)N=3)c2ccccc21. The third-order valence-electron chi connectivity index (χ3n) is 6.49. The topological polar surface area (TPSA) is 124 Å². The van der Waals surface area contributed by atoms with Crippen LogP contribution in [0.4, 0.5) is 11.4 Å². The lowest BCUT2D eigenvalue weighted by molar-refractivity contribution is -0.384. The number of hydrogen-bond donors (Lipinski definition) is 0. The van der Waals surface area contributed by atoms with Gasteiger partial charge in [0.05, 0.1) is 40.1 Å². The van der Waals surface area contributed by atoms with E-state index in [0.29, 0.717) is 28.2 Å². The van der Waals surface area contributed by atoms with E-state index in [1.165, 1.54) is 22.8 Å². The van der Waals surface area contributed by atoms with E-state index in [4.69, 9.17) is 4.74 Å². The van der Waals surface area contributed by atoms with E-state index in [1.54, 1.807) is 24.8 Å². The number of aromatic nitrogens is 1. The van der Waals surface area contributed by atoms with Crippen LogP contribution in [0, 0.1) is 10.1 Å². The molecule has 0 bridgehead atoms. The van der Waals surface area contributed by atoms with E-state index in [1.807, 2.05) is 31.2 Å². The fourth-order valence-electron chi connectivity index (χ4n) is 4.91. The molecule has 10 nitrogen and oxygen atoms in total. The van der Waals surface area contributed by atoms with Gasteiger partial charge >= 0.3 is 5.97 Å². The Hall–Kier alpha value is -4.38. The Morgan fingerprint density at radius 1 is 1.16 bits per heavy atom. The molecule has 0 N–H and O–H groups in total. The van der Waals surface area contributed by atoms with Gasteiger partial charge in [0.15, 0.2) is 4.80 Å². The third kappa shape index (κ3) is 3.95. The highest BCUT2D eigenvalue weighted by Crippen LogP contribution is 2.36. The Morgan fingerprint density at radius 2 is 1.92 bits per heavy atom. The van der Waals surface area contributed by atoms with Crippen molar-refractivity contribution in [1.82, 2.24) is 4.57 Å². The molecule has 5 rings (SSSR count). The van der Waals surface area contributed by atoms with Crippen LogP contribution in [0.3, 0.4) is 0 Å². The fourth-order valence-corrected chi connectivity index (χ4v) is 6.05. The Labute approximate surface area is 221 Å². The lowest BCUT2D eigenvalue weighted by Gasteiger charge is -2.24. The molecule has 3 aromatic rings. The van der Waals surface area contributed by atoms with Crippen molar-refractivity contribution >= 4 is 40.2 Å². The number of fused-ring (bicyclic) bond motifs is 2.